The Morgan fingerprint density at radius 3 is 2.22 bits per heavy atom. The number of aldehydes is 1. The second-order valence-corrected chi connectivity index (χ2v) is 12.4. The maximum Gasteiger partial charge on any atom is 0.247 e. The number of allylic oxidation sites excluding steroid dienone is 6. The second-order valence-electron chi connectivity index (χ2n) is 12.4. The van der Waals surface area contributed by atoms with E-state index in [9.17, 15) is 9.59 Å². The number of aliphatic imine (C=N–C) groups is 1. The lowest BCUT2D eigenvalue weighted by atomic mass is 9.87. The number of hydrogen-bond acceptors (Lipinski definition) is 7. The zero-order valence-corrected chi connectivity index (χ0v) is 28.8. The number of hydrogen-bond donors (Lipinski definition) is 2. The van der Waals surface area contributed by atoms with Crippen molar-refractivity contribution in [2.24, 2.45) is 4.99 Å². The van der Waals surface area contributed by atoms with Gasteiger partial charge in [-0.15, -0.1) is 0 Å². The third kappa shape index (κ3) is 13.7. The average Bonchev–Trinajstić information content (AvgIpc) is 3.51. The van der Waals surface area contributed by atoms with E-state index in [0.717, 1.165) is 49.8 Å². The van der Waals surface area contributed by atoms with Crippen LogP contribution in [0.25, 0.3) is 0 Å². The number of nitrogens with one attached hydrogen (secondary N) is 1. The van der Waals surface area contributed by atoms with Crippen LogP contribution in [0.15, 0.2) is 90.2 Å². The molecule has 46 heavy (non-hydrogen) atoms. The minimum Gasteiger partial charge on any atom is -0.508 e. The highest BCUT2D eigenvalue weighted by molar-refractivity contribution is 5.97. The van der Waals surface area contributed by atoms with Crippen molar-refractivity contribution in [3.8, 4) is 6.19 Å². The first-order valence-electron chi connectivity index (χ1n) is 16.1. The summed E-state index contributed by atoms with van der Waals surface area (Å²) in [4.78, 5) is 31.3. The summed E-state index contributed by atoms with van der Waals surface area (Å²) >= 11 is 0. The summed E-state index contributed by atoms with van der Waals surface area (Å²) in [5.41, 5.74) is 3.20. The number of likely N-dealkylation sites (N-methyl/N-ethyl adjacent to an activating group) is 1. The van der Waals surface area contributed by atoms with Crippen LogP contribution < -0.4 is 10.2 Å². The summed E-state index contributed by atoms with van der Waals surface area (Å²) < 4.78 is 0. The predicted molar refractivity (Wildman–Crippen MR) is 192 cm³/mol. The number of carbonyl (C=O) groups excluding carboxylic acids is 2. The molecule has 0 spiro atoms. The van der Waals surface area contributed by atoms with Crippen LogP contribution in [0.3, 0.4) is 0 Å². The number of anilines is 1. The first kappa shape index (κ1) is 39.6. The van der Waals surface area contributed by atoms with E-state index in [0.29, 0.717) is 0 Å². The van der Waals surface area contributed by atoms with Gasteiger partial charge in [0, 0.05) is 44.2 Å². The molecule has 2 fully saturated rings. The lowest BCUT2D eigenvalue weighted by Gasteiger charge is -2.32. The maximum absolute atomic E-state index is 13.4. The smallest absolute Gasteiger partial charge is 0.247 e. The van der Waals surface area contributed by atoms with Gasteiger partial charge in [-0.25, -0.2) is 0 Å². The molecule has 0 bridgehead atoms. The monoisotopic (exact) mass is 629 g/mol. The van der Waals surface area contributed by atoms with Gasteiger partial charge >= 0.3 is 0 Å². The average molecular weight is 630 g/mol. The molecule has 2 aliphatic rings. The van der Waals surface area contributed by atoms with Crippen LogP contribution >= 0.6 is 0 Å². The zero-order chi connectivity index (χ0) is 34.5. The quantitative estimate of drug-likeness (QED) is 0.0920. The van der Waals surface area contributed by atoms with Crippen molar-refractivity contribution >= 4 is 24.1 Å². The van der Waals surface area contributed by atoms with Crippen molar-refractivity contribution in [1.29, 1.82) is 5.26 Å². The van der Waals surface area contributed by atoms with Crippen molar-refractivity contribution in [2.45, 2.75) is 96.2 Å². The number of nitriles is 1. The molecule has 1 aliphatic carbocycles. The Balaban J connectivity index is 0.000000504. The van der Waals surface area contributed by atoms with E-state index in [1.54, 1.807) is 31.5 Å². The molecule has 1 aromatic rings. The number of aliphatic hydroxyl groups excluding tert-OH is 1. The minimum absolute atomic E-state index is 0.0206. The second kappa shape index (κ2) is 21.4. The third-order valence-electron chi connectivity index (χ3n) is 7.84. The van der Waals surface area contributed by atoms with E-state index in [-0.39, 0.29) is 29.2 Å². The molecular formula is C38H55N5O3. The standard InChI is InChI=1S/C25H37N3O.C7H10O.C6H8N2O/c1-7-11-19(18-26-5)23(24(29)27-21-12-9-8-10-13-21)28(6)22-16-14-20(15-17-22)25(2,3)4;1-3-5-7(8)6-4-2;7-5-8-3-1-2-6(8)4-9/h7,11,14-18,21,23H,1,8-10,12-13H2,2-6H3,(H,27,29);3-6,8H,1H2,2H3;4,6H,1-3H2/b19-11+,26-18?;6-4-,7-5+;. The normalized spacial score (nSPS) is 18.0. The lowest BCUT2D eigenvalue weighted by molar-refractivity contribution is -0.122. The molecule has 2 atom stereocenters. The summed E-state index contributed by atoms with van der Waals surface area (Å²) in [6, 6.07) is 8.15. The predicted octanol–water partition coefficient (Wildman–Crippen LogP) is 7.37. The van der Waals surface area contributed by atoms with Crippen LogP contribution in [-0.2, 0) is 15.0 Å². The van der Waals surface area contributed by atoms with E-state index < -0.39 is 6.04 Å². The number of benzene rings is 1. The van der Waals surface area contributed by atoms with Gasteiger partial charge in [0.15, 0.2) is 6.19 Å². The van der Waals surface area contributed by atoms with Gasteiger partial charge in [-0.3, -0.25) is 9.79 Å². The molecule has 2 unspecified atom stereocenters. The summed E-state index contributed by atoms with van der Waals surface area (Å²) in [5.74, 6) is 0.259. The van der Waals surface area contributed by atoms with Gasteiger partial charge in [0.25, 0.3) is 0 Å². The van der Waals surface area contributed by atoms with Gasteiger partial charge in [-0.2, -0.15) is 5.26 Å². The first-order valence-corrected chi connectivity index (χ1v) is 16.1. The SMILES string of the molecule is C=C/C=C(O)\C=C/C.C=C/C=C(\C=NC)C(C(=O)NC1CCCCC1)N(C)c1ccc(C(C)(C)C)cc1.N#CN1CCCC1C=O. The lowest BCUT2D eigenvalue weighted by Crippen LogP contribution is -2.50. The molecule has 1 aliphatic heterocycles. The first-order chi connectivity index (χ1) is 22.0. The molecule has 250 valence electrons. The third-order valence-corrected chi connectivity index (χ3v) is 7.84. The molecule has 1 saturated heterocycles. The summed E-state index contributed by atoms with van der Waals surface area (Å²) in [7, 11) is 3.70. The minimum atomic E-state index is -0.459. The fourth-order valence-corrected chi connectivity index (χ4v) is 5.32. The highest BCUT2D eigenvalue weighted by Crippen LogP contribution is 2.27. The summed E-state index contributed by atoms with van der Waals surface area (Å²) in [5, 5.41) is 20.4. The number of carbonyl (C=O) groups is 2. The molecule has 8 nitrogen and oxygen atoms in total. The molecule has 0 radical (unpaired) electrons. The van der Waals surface area contributed by atoms with Crippen LogP contribution in [-0.4, -0.2) is 67.2 Å². The molecule has 1 amide bonds. The zero-order valence-electron chi connectivity index (χ0n) is 28.8. The molecule has 0 aromatic heterocycles. The van der Waals surface area contributed by atoms with Crippen molar-refractivity contribution in [3.63, 3.8) is 0 Å². The van der Waals surface area contributed by atoms with Crippen molar-refractivity contribution in [1.82, 2.24) is 10.2 Å². The molecule has 1 aromatic carbocycles. The van der Waals surface area contributed by atoms with Crippen LogP contribution in [0.1, 0.15) is 78.2 Å². The van der Waals surface area contributed by atoms with E-state index in [2.05, 4.69) is 68.5 Å². The maximum atomic E-state index is 13.4. The summed E-state index contributed by atoms with van der Waals surface area (Å²) in [6.07, 6.45) is 22.2. The Morgan fingerprint density at radius 1 is 1.11 bits per heavy atom. The fraction of sp³-hybridized carbons (Fsp3) is 0.474. The van der Waals surface area contributed by atoms with E-state index in [1.165, 1.54) is 41.9 Å². The highest BCUT2D eigenvalue weighted by atomic mass is 16.3. The number of aliphatic hydroxyl groups is 1. The van der Waals surface area contributed by atoms with Crippen molar-refractivity contribution < 1.29 is 14.7 Å². The Hall–Kier alpha value is -4.38. The van der Waals surface area contributed by atoms with E-state index >= 15 is 0 Å². The van der Waals surface area contributed by atoms with Gasteiger partial charge in [-0.1, -0.05) is 89.6 Å². The number of amides is 1. The van der Waals surface area contributed by atoms with Crippen LogP contribution in [0.5, 0.6) is 0 Å². The van der Waals surface area contributed by atoms with E-state index in [4.69, 9.17) is 10.4 Å². The molecule has 1 heterocycles. The molecule has 3 rings (SSSR count). The highest BCUT2D eigenvalue weighted by Gasteiger charge is 2.29. The van der Waals surface area contributed by atoms with Gasteiger partial charge < -0.3 is 25.0 Å². The fourth-order valence-electron chi connectivity index (χ4n) is 5.32. The van der Waals surface area contributed by atoms with Gasteiger partial charge in [0.05, 0.1) is 6.04 Å². The molecule has 2 N–H and O–H groups in total. The van der Waals surface area contributed by atoms with Crippen LogP contribution in [0, 0.1) is 11.5 Å². The van der Waals surface area contributed by atoms with Crippen LogP contribution in [0.2, 0.25) is 0 Å². The van der Waals surface area contributed by atoms with Gasteiger partial charge in [0.1, 0.15) is 18.1 Å². The summed E-state index contributed by atoms with van der Waals surface area (Å²) in [6.45, 7) is 16.4. The van der Waals surface area contributed by atoms with Crippen molar-refractivity contribution in [2.75, 3.05) is 25.5 Å². The van der Waals surface area contributed by atoms with Gasteiger partial charge in [-0.05, 0) is 67.9 Å². The van der Waals surface area contributed by atoms with E-state index in [1.807, 2.05) is 31.1 Å². The van der Waals surface area contributed by atoms with Crippen LogP contribution in [0.4, 0.5) is 5.69 Å². The van der Waals surface area contributed by atoms with Crippen molar-refractivity contribution in [3.05, 3.63) is 90.8 Å². The largest absolute Gasteiger partial charge is 0.508 e. The topological polar surface area (TPSA) is 109 Å². The molecule has 8 heteroatoms. The Labute approximate surface area is 277 Å². The number of likely N-dealkylation sites (tertiary alicyclic amines) is 1. The number of rotatable bonds is 10. The van der Waals surface area contributed by atoms with Gasteiger partial charge in [0.2, 0.25) is 5.91 Å². The Bertz CT molecular complexity index is 1260. The Kier molecular flexibility index (Phi) is 18.4. The molecule has 1 saturated carbocycles. The molecular weight excluding hydrogens is 574 g/mol. The Morgan fingerprint density at radius 2 is 1.74 bits per heavy atom. The number of nitrogens with zero attached hydrogens (tertiary/aromatic N) is 4.